The number of carbonyl (C=O) groups is 1. The number of hydrogen-bond donors (Lipinski definition) is 2. The number of nitrogens with two attached hydrogens (primary N) is 1. The minimum atomic E-state index is -0.546. The Morgan fingerprint density at radius 1 is 1.31 bits per heavy atom. The van der Waals surface area contributed by atoms with E-state index < -0.39 is 11.1 Å². The highest BCUT2D eigenvalue weighted by Gasteiger charge is 2.21. The van der Waals surface area contributed by atoms with Crippen LogP contribution in [0.5, 0.6) is 5.75 Å². The van der Waals surface area contributed by atoms with Crippen LogP contribution in [0.2, 0.25) is 5.02 Å². The Labute approximate surface area is 176 Å². The van der Waals surface area contributed by atoms with Crippen molar-refractivity contribution in [1.29, 1.82) is 0 Å². The molecule has 0 saturated carbocycles. The van der Waals surface area contributed by atoms with E-state index in [1.165, 1.54) is 16.8 Å². The van der Waals surface area contributed by atoms with E-state index in [4.69, 9.17) is 22.2 Å². The van der Waals surface area contributed by atoms with E-state index in [-0.39, 0.29) is 10.9 Å². The molecular weight excluding hydrogens is 417 g/mol. The summed E-state index contributed by atoms with van der Waals surface area (Å²) in [7, 11) is 0. The summed E-state index contributed by atoms with van der Waals surface area (Å²) in [4.78, 5) is 12.4. The van der Waals surface area contributed by atoms with Gasteiger partial charge in [0, 0.05) is 5.56 Å². The van der Waals surface area contributed by atoms with Gasteiger partial charge in [0.2, 0.25) is 11.1 Å². The molecule has 0 saturated heterocycles. The Hall–Kier alpha value is -2.78. The van der Waals surface area contributed by atoms with Gasteiger partial charge in [-0.05, 0) is 56.3 Å². The molecule has 0 fully saturated rings. The second-order valence-corrected chi connectivity index (χ2v) is 7.72. The first-order valence-corrected chi connectivity index (χ1v) is 10.0. The fraction of sp³-hybridized carbons (Fsp3) is 0.211. The molecule has 3 rings (SSSR count). The molecule has 2 aromatic carbocycles. The number of halogens is 2. The van der Waals surface area contributed by atoms with Crippen LogP contribution in [0.1, 0.15) is 13.8 Å². The highest BCUT2D eigenvalue weighted by Crippen LogP contribution is 2.28. The predicted octanol–water partition coefficient (Wildman–Crippen LogP) is 3.97. The van der Waals surface area contributed by atoms with Crippen molar-refractivity contribution in [2.24, 2.45) is 0 Å². The van der Waals surface area contributed by atoms with Crippen molar-refractivity contribution < 1.29 is 13.9 Å². The van der Waals surface area contributed by atoms with Crippen molar-refractivity contribution >= 4 is 35.0 Å². The van der Waals surface area contributed by atoms with E-state index in [1.807, 2.05) is 31.2 Å². The van der Waals surface area contributed by atoms with Crippen LogP contribution in [0, 0.1) is 5.82 Å². The number of carbonyl (C=O) groups excluding carboxylic acids is 1. The number of aromatic nitrogens is 3. The van der Waals surface area contributed by atoms with Gasteiger partial charge in [0.05, 0.1) is 22.6 Å². The number of amides is 1. The van der Waals surface area contributed by atoms with Gasteiger partial charge in [0.25, 0.3) is 0 Å². The predicted molar refractivity (Wildman–Crippen MR) is 112 cm³/mol. The first-order chi connectivity index (χ1) is 13.9. The van der Waals surface area contributed by atoms with Crippen LogP contribution < -0.4 is 15.9 Å². The summed E-state index contributed by atoms with van der Waals surface area (Å²) in [5, 5.41) is 10.8. The second-order valence-electron chi connectivity index (χ2n) is 6.01. The van der Waals surface area contributed by atoms with Gasteiger partial charge >= 0.3 is 0 Å². The number of anilines is 1. The molecule has 0 spiro atoms. The number of nitrogen functional groups attached to an aromatic ring is 1. The van der Waals surface area contributed by atoms with E-state index in [1.54, 1.807) is 6.92 Å². The molecule has 0 radical (unpaired) electrons. The molecule has 3 N–H and O–H groups in total. The lowest BCUT2D eigenvalue weighted by Gasteiger charge is -2.12. The number of rotatable bonds is 7. The third-order valence-corrected chi connectivity index (χ3v) is 5.30. The molecule has 152 valence electrons. The van der Waals surface area contributed by atoms with Crippen molar-refractivity contribution in [3.05, 3.63) is 53.3 Å². The Kier molecular flexibility index (Phi) is 6.60. The van der Waals surface area contributed by atoms with Crippen molar-refractivity contribution in [2.45, 2.75) is 24.3 Å². The monoisotopic (exact) mass is 435 g/mol. The minimum absolute atomic E-state index is 0.121. The molecule has 0 aliphatic carbocycles. The van der Waals surface area contributed by atoms with Crippen LogP contribution in [0.25, 0.3) is 11.4 Å². The maximum Gasteiger partial charge on any atom is 0.237 e. The standard InChI is InChI=1S/C19H19ClFN5O2S/c1-3-28-14-7-4-12(5-8-14)17-24-25-19(26(17)22)29-11(2)18(27)23-16-9-6-13(21)10-15(16)20/h4-11H,3,22H2,1-2H3,(H,23,27)/t11-/m1/s1. The van der Waals surface area contributed by atoms with Crippen LogP contribution in [0.3, 0.4) is 0 Å². The minimum Gasteiger partial charge on any atom is -0.494 e. The average molecular weight is 436 g/mol. The van der Waals surface area contributed by atoms with Crippen molar-refractivity contribution in [2.75, 3.05) is 17.8 Å². The molecule has 0 unspecified atom stereocenters. The summed E-state index contributed by atoms with van der Waals surface area (Å²) in [5.41, 5.74) is 1.10. The molecule has 29 heavy (non-hydrogen) atoms. The molecule has 7 nitrogen and oxygen atoms in total. The van der Waals surface area contributed by atoms with Gasteiger partial charge in [-0.1, -0.05) is 23.4 Å². The first-order valence-electron chi connectivity index (χ1n) is 8.75. The molecule has 1 atom stereocenters. The number of hydrogen-bond acceptors (Lipinski definition) is 6. The van der Waals surface area contributed by atoms with Gasteiger partial charge in [-0.15, -0.1) is 10.2 Å². The lowest BCUT2D eigenvalue weighted by atomic mass is 10.2. The van der Waals surface area contributed by atoms with E-state index in [0.29, 0.717) is 23.3 Å². The summed E-state index contributed by atoms with van der Waals surface area (Å²) in [6.07, 6.45) is 0. The number of ether oxygens (including phenoxy) is 1. The summed E-state index contributed by atoms with van der Waals surface area (Å²) in [6, 6.07) is 11.1. The zero-order valence-corrected chi connectivity index (χ0v) is 17.3. The SMILES string of the molecule is CCOc1ccc(-c2nnc(S[C@H](C)C(=O)Nc3ccc(F)cc3Cl)n2N)cc1. The molecular formula is C19H19ClFN5O2S. The highest BCUT2D eigenvalue weighted by molar-refractivity contribution is 8.00. The molecule has 1 heterocycles. The molecule has 0 bridgehead atoms. The van der Waals surface area contributed by atoms with Gasteiger partial charge in [0.1, 0.15) is 11.6 Å². The Morgan fingerprint density at radius 3 is 2.69 bits per heavy atom. The molecule has 1 amide bonds. The van der Waals surface area contributed by atoms with E-state index >= 15 is 0 Å². The number of benzene rings is 2. The number of nitrogens with zero attached hydrogens (tertiary/aromatic N) is 3. The maximum atomic E-state index is 13.1. The first kappa shape index (κ1) is 20.9. The molecule has 0 aliphatic heterocycles. The van der Waals surface area contributed by atoms with Crippen molar-refractivity contribution in [3.8, 4) is 17.1 Å². The summed E-state index contributed by atoms with van der Waals surface area (Å²) in [6.45, 7) is 4.19. The van der Waals surface area contributed by atoms with Gasteiger partial charge in [-0.2, -0.15) is 0 Å². The van der Waals surface area contributed by atoms with Crippen LogP contribution in [-0.2, 0) is 4.79 Å². The second kappa shape index (κ2) is 9.15. The van der Waals surface area contributed by atoms with Crippen LogP contribution in [0.4, 0.5) is 10.1 Å². The van der Waals surface area contributed by atoms with E-state index in [2.05, 4.69) is 15.5 Å². The third kappa shape index (κ3) is 4.99. The molecule has 1 aromatic heterocycles. The normalized spacial score (nSPS) is 11.9. The van der Waals surface area contributed by atoms with E-state index in [0.717, 1.165) is 29.1 Å². The van der Waals surface area contributed by atoms with Gasteiger partial charge in [-0.3, -0.25) is 4.79 Å². The average Bonchev–Trinajstić information content (AvgIpc) is 3.05. The zero-order valence-electron chi connectivity index (χ0n) is 15.7. The quantitative estimate of drug-likeness (QED) is 0.430. The van der Waals surface area contributed by atoms with Crippen molar-refractivity contribution in [1.82, 2.24) is 14.9 Å². The number of thioether (sulfide) groups is 1. The highest BCUT2D eigenvalue weighted by atomic mass is 35.5. The summed E-state index contributed by atoms with van der Waals surface area (Å²) < 4.78 is 19.9. The topological polar surface area (TPSA) is 95.1 Å². The fourth-order valence-electron chi connectivity index (χ4n) is 2.46. The summed E-state index contributed by atoms with van der Waals surface area (Å²) >= 11 is 7.09. The molecule has 10 heteroatoms. The lowest BCUT2D eigenvalue weighted by molar-refractivity contribution is -0.115. The maximum absolute atomic E-state index is 13.1. The Bertz CT molecular complexity index is 1010. The molecule has 0 aliphatic rings. The van der Waals surface area contributed by atoms with Gasteiger partial charge in [-0.25, -0.2) is 9.07 Å². The number of nitrogens with one attached hydrogen (secondary N) is 1. The lowest BCUT2D eigenvalue weighted by Crippen LogP contribution is -2.23. The summed E-state index contributed by atoms with van der Waals surface area (Å²) in [5.74, 6) is 6.53. The van der Waals surface area contributed by atoms with Crippen LogP contribution in [-0.4, -0.2) is 32.6 Å². The largest absolute Gasteiger partial charge is 0.494 e. The fourth-order valence-corrected chi connectivity index (χ4v) is 3.44. The Morgan fingerprint density at radius 2 is 2.03 bits per heavy atom. The molecule has 3 aromatic rings. The zero-order chi connectivity index (χ0) is 21.0. The van der Waals surface area contributed by atoms with Gasteiger partial charge < -0.3 is 15.9 Å². The Balaban J connectivity index is 1.69. The smallest absolute Gasteiger partial charge is 0.237 e. The third-order valence-electron chi connectivity index (χ3n) is 3.93. The van der Waals surface area contributed by atoms with Crippen LogP contribution in [0.15, 0.2) is 47.6 Å². The van der Waals surface area contributed by atoms with Crippen molar-refractivity contribution in [3.63, 3.8) is 0 Å². The van der Waals surface area contributed by atoms with Gasteiger partial charge in [0.15, 0.2) is 5.82 Å². The van der Waals surface area contributed by atoms with Crippen LogP contribution >= 0.6 is 23.4 Å². The van der Waals surface area contributed by atoms with E-state index in [9.17, 15) is 9.18 Å².